The summed E-state index contributed by atoms with van der Waals surface area (Å²) >= 11 is 0. The molecule has 2 amide bonds. The van der Waals surface area contributed by atoms with E-state index >= 15 is 0 Å². The van der Waals surface area contributed by atoms with Crippen LogP contribution in [0.25, 0.3) is 0 Å². The zero-order valence-electron chi connectivity index (χ0n) is 12.3. The van der Waals surface area contributed by atoms with Crippen LogP contribution in [0.4, 0.5) is 4.79 Å². The van der Waals surface area contributed by atoms with Crippen LogP contribution < -0.4 is 10.6 Å². The molecule has 0 aromatic heterocycles. The number of hydrogen-bond acceptors (Lipinski definition) is 2. The van der Waals surface area contributed by atoms with Gasteiger partial charge in [0.05, 0.1) is 6.10 Å². The first-order valence-electron chi connectivity index (χ1n) is 7.51. The van der Waals surface area contributed by atoms with E-state index in [-0.39, 0.29) is 12.1 Å². The fourth-order valence-corrected chi connectivity index (χ4v) is 2.23. The van der Waals surface area contributed by atoms with Gasteiger partial charge in [-0.3, -0.25) is 0 Å². The van der Waals surface area contributed by atoms with Gasteiger partial charge in [0.1, 0.15) is 0 Å². The Kier molecular flexibility index (Phi) is 8.30. The lowest BCUT2D eigenvalue weighted by molar-refractivity contribution is 0.0774. The molecule has 0 bridgehead atoms. The van der Waals surface area contributed by atoms with E-state index in [4.69, 9.17) is 4.74 Å². The minimum atomic E-state index is -0.128. The number of carbonyl (C=O) groups is 1. The molecule has 1 rings (SSSR count). The summed E-state index contributed by atoms with van der Waals surface area (Å²) in [5.74, 6) is 0.647. The van der Waals surface area contributed by atoms with Crippen LogP contribution in [0.5, 0.6) is 0 Å². The van der Waals surface area contributed by atoms with Crippen molar-refractivity contribution in [2.75, 3.05) is 13.2 Å². The van der Waals surface area contributed by atoms with Crippen LogP contribution in [0.2, 0.25) is 0 Å². The summed E-state index contributed by atoms with van der Waals surface area (Å²) in [5, 5.41) is 5.57. The van der Waals surface area contributed by atoms with E-state index in [9.17, 15) is 4.79 Å². The van der Waals surface area contributed by atoms with Crippen molar-refractivity contribution in [2.24, 2.45) is 5.92 Å². The molecule has 2 N–H and O–H groups in total. The molecule has 0 aliphatic heterocycles. The quantitative estimate of drug-likeness (QED) is 0.697. The first kappa shape index (κ1) is 16.0. The van der Waals surface area contributed by atoms with Crippen molar-refractivity contribution < 1.29 is 9.53 Å². The molecule has 4 nitrogen and oxygen atoms in total. The van der Waals surface area contributed by atoms with Gasteiger partial charge in [0, 0.05) is 19.4 Å². The predicted molar refractivity (Wildman–Crippen MR) is 78.0 cm³/mol. The maximum atomic E-state index is 11.5. The van der Waals surface area contributed by atoms with Crippen molar-refractivity contribution in [3.05, 3.63) is 12.3 Å². The number of nitrogens with one attached hydrogen (secondary N) is 2. The molecule has 0 heterocycles. The molecule has 0 aromatic rings. The number of carbonyl (C=O) groups excluding carboxylic acids is 1. The maximum Gasteiger partial charge on any atom is 0.318 e. The topological polar surface area (TPSA) is 50.4 Å². The monoisotopic (exact) mass is 268 g/mol. The third kappa shape index (κ3) is 8.65. The molecule has 0 radical (unpaired) electrons. The second-order valence-electron chi connectivity index (χ2n) is 5.43. The zero-order chi connectivity index (χ0) is 13.9. The van der Waals surface area contributed by atoms with Crippen molar-refractivity contribution in [2.45, 2.75) is 58.5 Å². The summed E-state index contributed by atoms with van der Waals surface area (Å²) in [6.07, 6.45) is 11.5. The maximum absolute atomic E-state index is 11.5. The van der Waals surface area contributed by atoms with E-state index in [1.54, 1.807) is 6.20 Å². The minimum absolute atomic E-state index is 0.128. The number of rotatable bonds is 7. The fraction of sp³-hybridized carbons (Fsp3) is 0.800. The van der Waals surface area contributed by atoms with Gasteiger partial charge < -0.3 is 15.4 Å². The molecule has 1 aliphatic rings. The molecule has 19 heavy (non-hydrogen) atoms. The lowest BCUT2D eigenvalue weighted by Gasteiger charge is -2.17. The zero-order valence-corrected chi connectivity index (χ0v) is 12.3. The van der Waals surface area contributed by atoms with Gasteiger partial charge in [-0.1, -0.05) is 25.3 Å². The molecule has 1 saturated carbocycles. The smallest absolute Gasteiger partial charge is 0.318 e. The van der Waals surface area contributed by atoms with Crippen LogP contribution in [-0.4, -0.2) is 25.3 Å². The van der Waals surface area contributed by atoms with Gasteiger partial charge in [0.25, 0.3) is 0 Å². The number of hydrogen-bond donors (Lipinski definition) is 2. The van der Waals surface area contributed by atoms with Gasteiger partial charge >= 0.3 is 6.03 Å². The predicted octanol–water partition coefficient (Wildman–Crippen LogP) is 3.19. The van der Waals surface area contributed by atoms with Crippen LogP contribution in [0.3, 0.4) is 0 Å². The highest BCUT2D eigenvalue weighted by Gasteiger charge is 2.09. The first-order valence-corrected chi connectivity index (χ1v) is 7.51. The third-order valence-electron chi connectivity index (χ3n) is 3.29. The highest BCUT2D eigenvalue weighted by Crippen LogP contribution is 2.24. The normalized spacial score (nSPS) is 17.0. The van der Waals surface area contributed by atoms with Gasteiger partial charge in [-0.05, 0) is 39.0 Å². The van der Waals surface area contributed by atoms with Gasteiger partial charge in [0.2, 0.25) is 0 Å². The van der Waals surface area contributed by atoms with Gasteiger partial charge in [-0.15, -0.1) is 0 Å². The SMILES string of the molecule is CC(C)OCCCNC(=O)N/C=C/C1CCCCC1. The number of ether oxygens (including phenoxy) is 1. The Morgan fingerprint density at radius 3 is 2.74 bits per heavy atom. The molecule has 0 aromatic carbocycles. The van der Waals surface area contributed by atoms with E-state index in [1.165, 1.54) is 32.1 Å². The Balaban J connectivity index is 1.99. The van der Waals surface area contributed by atoms with Crippen molar-refractivity contribution >= 4 is 6.03 Å². The first-order chi connectivity index (χ1) is 9.18. The number of urea groups is 1. The average Bonchev–Trinajstić information content (AvgIpc) is 2.39. The summed E-state index contributed by atoms with van der Waals surface area (Å²) < 4.78 is 5.40. The largest absolute Gasteiger partial charge is 0.379 e. The van der Waals surface area contributed by atoms with Crippen molar-refractivity contribution in [1.82, 2.24) is 10.6 Å². The van der Waals surface area contributed by atoms with Crippen LogP contribution in [-0.2, 0) is 4.74 Å². The van der Waals surface area contributed by atoms with Crippen LogP contribution in [0.15, 0.2) is 12.3 Å². The van der Waals surface area contributed by atoms with Crippen LogP contribution in [0.1, 0.15) is 52.4 Å². The lowest BCUT2D eigenvalue weighted by atomic mass is 9.89. The Labute approximate surface area is 117 Å². The molecular weight excluding hydrogens is 240 g/mol. The van der Waals surface area contributed by atoms with Gasteiger partial charge in [-0.25, -0.2) is 4.79 Å². The van der Waals surface area contributed by atoms with Crippen molar-refractivity contribution in [3.63, 3.8) is 0 Å². The van der Waals surface area contributed by atoms with Crippen LogP contribution >= 0.6 is 0 Å². The Bertz CT molecular complexity index is 271. The molecule has 0 unspecified atom stereocenters. The molecule has 1 aliphatic carbocycles. The van der Waals surface area contributed by atoms with Gasteiger partial charge in [0.15, 0.2) is 0 Å². The third-order valence-corrected chi connectivity index (χ3v) is 3.29. The molecular formula is C15H28N2O2. The van der Waals surface area contributed by atoms with E-state index in [0.717, 1.165) is 6.42 Å². The second-order valence-corrected chi connectivity index (χ2v) is 5.43. The lowest BCUT2D eigenvalue weighted by Crippen LogP contribution is -2.33. The second kappa shape index (κ2) is 9.84. The summed E-state index contributed by atoms with van der Waals surface area (Å²) in [6.45, 7) is 5.36. The molecule has 1 fully saturated rings. The number of allylic oxidation sites excluding steroid dienone is 1. The molecule has 4 heteroatoms. The summed E-state index contributed by atoms with van der Waals surface area (Å²) in [5.41, 5.74) is 0. The minimum Gasteiger partial charge on any atom is -0.379 e. The summed E-state index contributed by atoms with van der Waals surface area (Å²) in [6, 6.07) is -0.128. The molecule has 110 valence electrons. The van der Waals surface area contributed by atoms with E-state index < -0.39 is 0 Å². The van der Waals surface area contributed by atoms with Crippen molar-refractivity contribution in [3.8, 4) is 0 Å². The summed E-state index contributed by atoms with van der Waals surface area (Å²) in [7, 11) is 0. The fourth-order valence-electron chi connectivity index (χ4n) is 2.23. The van der Waals surface area contributed by atoms with E-state index in [0.29, 0.717) is 19.1 Å². The van der Waals surface area contributed by atoms with Crippen molar-refractivity contribution in [1.29, 1.82) is 0 Å². The van der Waals surface area contributed by atoms with E-state index in [2.05, 4.69) is 16.7 Å². The van der Waals surface area contributed by atoms with Gasteiger partial charge in [-0.2, -0.15) is 0 Å². The molecule has 0 atom stereocenters. The number of amides is 2. The molecule has 0 spiro atoms. The Morgan fingerprint density at radius 2 is 2.05 bits per heavy atom. The Hall–Kier alpha value is -1.03. The van der Waals surface area contributed by atoms with E-state index in [1.807, 2.05) is 13.8 Å². The Morgan fingerprint density at radius 1 is 1.32 bits per heavy atom. The highest BCUT2D eigenvalue weighted by molar-refractivity contribution is 5.74. The highest BCUT2D eigenvalue weighted by atomic mass is 16.5. The standard InChI is InChI=1S/C15H28N2O2/c1-13(2)19-12-6-10-16-15(18)17-11-9-14-7-4-3-5-8-14/h9,11,13-14H,3-8,10,12H2,1-2H3,(H2,16,17,18)/b11-9+. The average molecular weight is 268 g/mol. The summed E-state index contributed by atoms with van der Waals surface area (Å²) in [4.78, 5) is 11.5. The molecule has 0 saturated heterocycles. The van der Waals surface area contributed by atoms with Crippen LogP contribution in [0, 0.1) is 5.92 Å².